The quantitative estimate of drug-likeness (QED) is 0.609. The van der Waals surface area contributed by atoms with Gasteiger partial charge in [-0.05, 0) is 24.3 Å². The number of pyridine rings is 1. The average molecular weight is 354 g/mol. The minimum absolute atomic E-state index is 0.118. The maximum atomic E-state index is 11.3. The van der Waals surface area contributed by atoms with E-state index in [1.807, 2.05) is 40.9 Å². The van der Waals surface area contributed by atoms with Crippen LogP contribution in [0.1, 0.15) is 16.3 Å². The summed E-state index contributed by atoms with van der Waals surface area (Å²) in [6.45, 7) is 0.227. The van der Waals surface area contributed by atoms with E-state index in [9.17, 15) is 9.90 Å². The molecule has 4 aromatic rings. The van der Waals surface area contributed by atoms with Gasteiger partial charge in [-0.15, -0.1) is 0 Å². The van der Waals surface area contributed by atoms with Crippen molar-refractivity contribution in [2.45, 2.75) is 6.54 Å². The first-order chi connectivity index (χ1) is 12.1. The van der Waals surface area contributed by atoms with Gasteiger partial charge in [-0.1, -0.05) is 29.8 Å². The van der Waals surface area contributed by atoms with Crippen molar-refractivity contribution < 1.29 is 9.90 Å². The number of hydrogen-bond donors (Lipinski definition) is 1. The molecule has 8 heteroatoms. The summed E-state index contributed by atoms with van der Waals surface area (Å²) in [7, 11) is 0. The molecule has 0 fully saturated rings. The number of aromatic nitrogens is 5. The Morgan fingerprint density at radius 2 is 1.96 bits per heavy atom. The zero-order valence-corrected chi connectivity index (χ0v) is 13.6. The summed E-state index contributed by atoms with van der Waals surface area (Å²) in [5.74, 6) is -1.24. The third-order valence-electron chi connectivity index (χ3n) is 3.85. The number of carbonyl (C=O) groups is 1. The molecule has 0 bridgehead atoms. The highest BCUT2D eigenvalue weighted by Gasteiger charge is 2.18. The Kier molecular flexibility index (Phi) is 3.70. The first-order valence-corrected chi connectivity index (χ1v) is 7.84. The van der Waals surface area contributed by atoms with E-state index in [0.717, 1.165) is 22.6 Å². The smallest absolute Gasteiger partial charge is 0.373 e. The number of carboxylic acids is 1. The van der Waals surface area contributed by atoms with Crippen LogP contribution in [0.4, 0.5) is 0 Å². The van der Waals surface area contributed by atoms with E-state index in [0.29, 0.717) is 5.02 Å². The van der Waals surface area contributed by atoms with Gasteiger partial charge in [0.1, 0.15) is 12.0 Å². The fourth-order valence-corrected chi connectivity index (χ4v) is 2.85. The minimum Gasteiger partial charge on any atom is -0.475 e. The van der Waals surface area contributed by atoms with Crippen LogP contribution >= 0.6 is 11.6 Å². The maximum absolute atomic E-state index is 11.3. The Hall–Kier alpha value is -3.19. The molecule has 0 aliphatic rings. The topological polar surface area (TPSA) is 85.3 Å². The van der Waals surface area contributed by atoms with E-state index in [4.69, 9.17) is 11.6 Å². The summed E-state index contributed by atoms with van der Waals surface area (Å²) >= 11 is 5.98. The number of carboxylic acid groups (broad SMARTS) is 1. The van der Waals surface area contributed by atoms with Crippen LogP contribution in [0.25, 0.3) is 16.9 Å². The zero-order chi connectivity index (χ0) is 17.4. The lowest BCUT2D eigenvalue weighted by atomic mass is 10.1. The van der Waals surface area contributed by atoms with Crippen LogP contribution in [-0.4, -0.2) is 35.2 Å². The number of rotatable bonds is 4. The number of imidazole rings is 1. The van der Waals surface area contributed by atoms with E-state index >= 15 is 0 Å². The Morgan fingerprint density at radius 3 is 2.72 bits per heavy atom. The van der Waals surface area contributed by atoms with Crippen molar-refractivity contribution in [3.63, 3.8) is 0 Å². The Labute approximate surface area is 147 Å². The fourth-order valence-electron chi connectivity index (χ4n) is 2.72. The third-order valence-corrected chi connectivity index (χ3v) is 4.10. The summed E-state index contributed by atoms with van der Waals surface area (Å²) in [4.78, 5) is 19.8. The molecule has 0 aliphatic carbocycles. The highest BCUT2D eigenvalue weighted by Crippen LogP contribution is 2.26. The highest BCUT2D eigenvalue weighted by atomic mass is 35.5. The van der Waals surface area contributed by atoms with Gasteiger partial charge in [0.25, 0.3) is 0 Å². The number of benzene rings is 1. The second-order valence-electron chi connectivity index (χ2n) is 5.39. The normalized spacial score (nSPS) is 11.1. The van der Waals surface area contributed by atoms with Gasteiger partial charge >= 0.3 is 5.97 Å². The minimum atomic E-state index is -1.13. The lowest BCUT2D eigenvalue weighted by Gasteiger charge is -2.07. The molecular formula is C17H12ClN5O2. The van der Waals surface area contributed by atoms with Crippen LogP contribution < -0.4 is 0 Å². The summed E-state index contributed by atoms with van der Waals surface area (Å²) in [6.07, 6.45) is 3.11. The predicted molar refractivity (Wildman–Crippen MR) is 91.7 cm³/mol. The molecule has 0 atom stereocenters. The summed E-state index contributed by atoms with van der Waals surface area (Å²) in [5, 5.41) is 13.9. The molecule has 1 aromatic carbocycles. The molecule has 3 aromatic heterocycles. The second kappa shape index (κ2) is 6.03. The van der Waals surface area contributed by atoms with Crippen molar-refractivity contribution in [3.8, 4) is 11.3 Å². The van der Waals surface area contributed by atoms with Crippen LogP contribution in [0.15, 0.2) is 55.0 Å². The van der Waals surface area contributed by atoms with Gasteiger partial charge in [0, 0.05) is 16.8 Å². The molecule has 3 heterocycles. The molecule has 7 nitrogen and oxygen atoms in total. The lowest BCUT2D eigenvalue weighted by molar-refractivity contribution is 0.0677. The summed E-state index contributed by atoms with van der Waals surface area (Å²) < 4.78 is 3.26. The van der Waals surface area contributed by atoms with Crippen molar-refractivity contribution in [2.24, 2.45) is 0 Å². The van der Waals surface area contributed by atoms with Gasteiger partial charge in [0.15, 0.2) is 0 Å². The second-order valence-corrected chi connectivity index (χ2v) is 5.83. The number of nitrogens with zero attached hydrogens (tertiary/aromatic N) is 5. The molecule has 0 amide bonds. The Bertz CT molecular complexity index is 1070. The molecule has 0 unspecified atom stereocenters. The molecule has 0 radical (unpaired) electrons. The van der Waals surface area contributed by atoms with Crippen LogP contribution in [0.5, 0.6) is 0 Å². The zero-order valence-electron chi connectivity index (χ0n) is 12.9. The van der Waals surface area contributed by atoms with Gasteiger partial charge in [0.2, 0.25) is 5.82 Å². The molecule has 124 valence electrons. The van der Waals surface area contributed by atoms with Gasteiger partial charge in [-0.25, -0.2) is 19.4 Å². The van der Waals surface area contributed by atoms with Crippen LogP contribution in [0.3, 0.4) is 0 Å². The van der Waals surface area contributed by atoms with Crippen LogP contribution in [0, 0.1) is 0 Å². The van der Waals surface area contributed by atoms with Crippen molar-refractivity contribution in [1.29, 1.82) is 0 Å². The SMILES string of the molecule is O=C(O)c1ncnn1Cc1c(-c2ccc(Cl)cc2)nc2ccccn12. The molecular weight excluding hydrogens is 342 g/mol. The Morgan fingerprint density at radius 1 is 1.16 bits per heavy atom. The molecule has 4 rings (SSSR count). The van der Waals surface area contributed by atoms with Gasteiger partial charge in [-0.2, -0.15) is 5.10 Å². The van der Waals surface area contributed by atoms with Crippen molar-refractivity contribution in [1.82, 2.24) is 24.1 Å². The number of aromatic carboxylic acids is 1. The van der Waals surface area contributed by atoms with E-state index < -0.39 is 5.97 Å². The first-order valence-electron chi connectivity index (χ1n) is 7.46. The van der Waals surface area contributed by atoms with Crippen molar-refractivity contribution in [2.75, 3.05) is 0 Å². The van der Waals surface area contributed by atoms with E-state index in [2.05, 4.69) is 15.1 Å². The molecule has 0 aliphatic heterocycles. The molecule has 0 spiro atoms. The number of hydrogen-bond acceptors (Lipinski definition) is 4. The van der Waals surface area contributed by atoms with E-state index in [-0.39, 0.29) is 12.4 Å². The van der Waals surface area contributed by atoms with Gasteiger partial charge in [-0.3, -0.25) is 0 Å². The van der Waals surface area contributed by atoms with Gasteiger partial charge in [0.05, 0.1) is 17.9 Å². The number of fused-ring (bicyclic) bond motifs is 1. The Balaban J connectivity index is 1.89. The largest absolute Gasteiger partial charge is 0.475 e. The van der Waals surface area contributed by atoms with Crippen molar-refractivity contribution in [3.05, 3.63) is 71.5 Å². The van der Waals surface area contributed by atoms with Crippen LogP contribution in [0.2, 0.25) is 5.02 Å². The highest BCUT2D eigenvalue weighted by molar-refractivity contribution is 6.30. The molecule has 0 saturated carbocycles. The van der Waals surface area contributed by atoms with Crippen LogP contribution in [-0.2, 0) is 6.54 Å². The molecule has 0 saturated heterocycles. The average Bonchev–Trinajstić information content (AvgIpc) is 3.21. The lowest BCUT2D eigenvalue weighted by Crippen LogP contribution is -2.13. The third kappa shape index (κ3) is 2.74. The maximum Gasteiger partial charge on any atom is 0.373 e. The first kappa shape index (κ1) is 15.3. The summed E-state index contributed by atoms with van der Waals surface area (Å²) in [5.41, 5.74) is 3.21. The monoisotopic (exact) mass is 353 g/mol. The van der Waals surface area contributed by atoms with Crippen molar-refractivity contribution >= 4 is 23.2 Å². The predicted octanol–water partition coefficient (Wildman–Crippen LogP) is 2.99. The van der Waals surface area contributed by atoms with E-state index in [1.54, 1.807) is 12.1 Å². The van der Waals surface area contributed by atoms with E-state index in [1.165, 1.54) is 11.0 Å². The standard InChI is InChI=1S/C17H12ClN5O2/c18-12-6-4-11(5-7-12)15-13(22-8-2-1-3-14(22)21-15)9-23-16(17(24)25)19-10-20-23/h1-8,10H,9H2,(H,24,25). The summed E-state index contributed by atoms with van der Waals surface area (Å²) in [6, 6.07) is 13.0. The molecule has 25 heavy (non-hydrogen) atoms. The fraction of sp³-hybridized carbons (Fsp3) is 0.0588. The number of halogens is 1. The molecule has 1 N–H and O–H groups in total. The van der Waals surface area contributed by atoms with Gasteiger partial charge < -0.3 is 9.51 Å².